The van der Waals surface area contributed by atoms with Crippen LogP contribution >= 0.6 is 0 Å². The van der Waals surface area contributed by atoms with Gasteiger partial charge in [-0.05, 0) is 24.3 Å². The van der Waals surface area contributed by atoms with E-state index in [0.29, 0.717) is 18.7 Å². The van der Waals surface area contributed by atoms with E-state index in [1.54, 1.807) is 17.0 Å². The largest absolute Gasteiger partial charge is 0.326 e. The van der Waals surface area contributed by atoms with Gasteiger partial charge in [-0.25, -0.2) is 4.39 Å². The van der Waals surface area contributed by atoms with E-state index in [4.69, 9.17) is 5.73 Å². The van der Waals surface area contributed by atoms with Gasteiger partial charge in [-0.2, -0.15) is 0 Å². The second-order valence-electron chi connectivity index (χ2n) is 3.44. The van der Waals surface area contributed by atoms with E-state index in [9.17, 15) is 9.18 Å². The maximum absolute atomic E-state index is 12.6. The van der Waals surface area contributed by atoms with Gasteiger partial charge in [0, 0.05) is 24.7 Å². The van der Waals surface area contributed by atoms with Crippen LogP contribution in [0.4, 0.5) is 10.1 Å². The number of rotatable bonds is 1. The fourth-order valence-corrected chi connectivity index (χ4v) is 1.61. The standard InChI is InChI=1S/C10H11FN2O/c11-7-1-3-9(4-2-7)13-6-8(12)5-10(13)14/h1-4,8H,5-6,12H2/t8-/m0/s1. The number of nitrogens with two attached hydrogens (primary N) is 1. The first-order valence-corrected chi connectivity index (χ1v) is 4.48. The Bertz CT molecular complexity index is 350. The van der Waals surface area contributed by atoms with Crippen LogP contribution in [0.25, 0.3) is 0 Å². The number of hydrogen-bond acceptors (Lipinski definition) is 2. The van der Waals surface area contributed by atoms with Crippen molar-refractivity contribution in [3.8, 4) is 0 Å². The molecule has 1 aliphatic rings. The van der Waals surface area contributed by atoms with Crippen molar-refractivity contribution < 1.29 is 9.18 Å². The van der Waals surface area contributed by atoms with Crippen molar-refractivity contribution in [2.75, 3.05) is 11.4 Å². The number of benzene rings is 1. The molecule has 3 nitrogen and oxygen atoms in total. The molecule has 1 aromatic rings. The molecule has 1 aromatic carbocycles. The van der Waals surface area contributed by atoms with Gasteiger partial charge >= 0.3 is 0 Å². The van der Waals surface area contributed by atoms with Gasteiger partial charge in [0.25, 0.3) is 0 Å². The summed E-state index contributed by atoms with van der Waals surface area (Å²) in [6.45, 7) is 0.518. The lowest BCUT2D eigenvalue weighted by Gasteiger charge is -2.15. The van der Waals surface area contributed by atoms with Gasteiger partial charge in [0.1, 0.15) is 5.82 Å². The highest BCUT2D eigenvalue weighted by molar-refractivity contribution is 5.96. The number of halogens is 1. The minimum atomic E-state index is -0.301. The summed E-state index contributed by atoms with van der Waals surface area (Å²) in [6.07, 6.45) is 0.372. The molecule has 0 aromatic heterocycles. The average Bonchev–Trinajstić information content (AvgIpc) is 2.47. The Hall–Kier alpha value is -1.42. The Balaban J connectivity index is 2.23. The van der Waals surface area contributed by atoms with Crippen molar-refractivity contribution in [2.45, 2.75) is 12.5 Å². The Kier molecular flexibility index (Phi) is 2.21. The van der Waals surface area contributed by atoms with Gasteiger partial charge in [-0.3, -0.25) is 4.79 Å². The summed E-state index contributed by atoms with van der Waals surface area (Å²) < 4.78 is 12.6. The van der Waals surface area contributed by atoms with Crippen LogP contribution in [0.3, 0.4) is 0 Å². The van der Waals surface area contributed by atoms with Gasteiger partial charge in [-0.15, -0.1) is 0 Å². The minimum Gasteiger partial charge on any atom is -0.326 e. The summed E-state index contributed by atoms with van der Waals surface area (Å²) in [5.74, 6) is -0.297. The third kappa shape index (κ3) is 1.61. The Labute approximate surface area is 81.3 Å². The van der Waals surface area contributed by atoms with Crippen molar-refractivity contribution in [1.82, 2.24) is 0 Å². The molecule has 0 spiro atoms. The normalized spacial score (nSPS) is 21.7. The van der Waals surface area contributed by atoms with Crippen molar-refractivity contribution in [3.05, 3.63) is 30.1 Å². The highest BCUT2D eigenvalue weighted by Gasteiger charge is 2.27. The fraction of sp³-hybridized carbons (Fsp3) is 0.300. The molecule has 1 atom stereocenters. The predicted molar refractivity (Wildman–Crippen MR) is 51.3 cm³/mol. The summed E-state index contributed by atoms with van der Waals surface area (Å²) in [6, 6.07) is 5.75. The van der Waals surface area contributed by atoms with Gasteiger partial charge in [-0.1, -0.05) is 0 Å². The molecule has 1 fully saturated rings. The monoisotopic (exact) mass is 194 g/mol. The number of nitrogens with zero attached hydrogens (tertiary/aromatic N) is 1. The van der Waals surface area contributed by atoms with E-state index in [-0.39, 0.29) is 17.8 Å². The zero-order valence-corrected chi connectivity index (χ0v) is 7.61. The molecule has 0 bridgehead atoms. The number of carbonyl (C=O) groups is 1. The lowest BCUT2D eigenvalue weighted by Crippen LogP contribution is -2.27. The maximum atomic E-state index is 12.6. The van der Waals surface area contributed by atoms with Crippen LogP contribution < -0.4 is 10.6 Å². The molecule has 4 heteroatoms. The Morgan fingerprint density at radius 3 is 2.50 bits per heavy atom. The van der Waals surface area contributed by atoms with E-state index < -0.39 is 0 Å². The topological polar surface area (TPSA) is 46.3 Å². The quantitative estimate of drug-likeness (QED) is 0.721. The van der Waals surface area contributed by atoms with Crippen molar-refractivity contribution in [2.24, 2.45) is 5.73 Å². The van der Waals surface area contributed by atoms with Crippen LogP contribution in [0.15, 0.2) is 24.3 Å². The molecular weight excluding hydrogens is 183 g/mol. The summed E-state index contributed by atoms with van der Waals surface area (Å²) in [7, 11) is 0. The molecule has 1 aliphatic heterocycles. The lowest BCUT2D eigenvalue weighted by molar-refractivity contribution is -0.117. The molecule has 1 amide bonds. The fourth-order valence-electron chi connectivity index (χ4n) is 1.61. The zero-order valence-electron chi connectivity index (χ0n) is 7.61. The van der Waals surface area contributed by atoms with Gasteiger partial charge in [0.2, 0.25) is 5.91 Å². The molecule has 0 unspecified atom stereocenters. The molecule has 1 saturated heterocycles. The number of hydrogen-bond donors (Lipinski definition) is 1. The van der Waals surface area contributed by atoms with Crippen LogP contribution in [-0.4, -0.2) is 18.5 Å². The highest BCUT2D eigenvalue weighted by Crippen LogP contribution is 2.20. The second-order valence-corrected chi connectivity index (χ2v) is 3.44. The smallest absolute Gasteiger partial charge is 0.228 e. The maximum Gasteiger partial charge on any atom is 0.228 e. The van der Waals surface area contributed by atoms with E-state index in [1.807, 2.05) is 0 Å². The average molecular weight is 194 g/mol. The first kappa shape index (κ1) is 9.15. The number of anilines is 1. The van der Waals surface area contributed by atoms with Crippen LogP contribution in [0.2, 0.25) is 0 Å². The molecule has 14 heavy (non-hydrogen) atoms. The molecule has 0 aliphatic carbocycles. The summed E-state index contributed by atoms with van der Waals surface area (Å²) in [5, 5.41) is 0. The van der Waals surface area contributed by atoms with Gasteiger partial charge in [0.15, 0.2) is 0 Å². The summed E-state index contributed by atoms with van der Waals surface area (Å²) >= 11 is 0. The first-order chi connectivity index (χ1) is 6.66. The lowest BCUT2D eigenvalue weighted by atomic mass is 10.3. The number of carbonyl (C=O) groups excluding carboxylic acids is 1. The first-order valence-electron chi connectivity index (χ1n) is 4.48. The molecular formula is C10H11FN2O. The van der Waals surface area contributed by atoms with Crippen molar-refractivity contribution in [3.63, 3.8) is 0 Å². The van der Waals surface area contributed by atoms with E-state index in [1.165, 1.54) is 12.1 Å². The second kappa shape index (κ2) is 3.38. The number of amides is 1. The summed E-state index contributed by atoms with van der Waals surface area (Å²) in [5.41, 5.74) is 6.36. The van der Waals surface area contributed by atoms with Crippen LogP contribution in [0.5, 0.6) is 0 Å². The molecule has 0 saturated carbocycles. The molecule has 74 valence electrons. The van der Waals surface area contributed by atoms with Crippen molar-refractivity contribution in [1.29, 1.82) is 0 Å². The third-order valence-electron chi connectivity index (χ3n) is 2.29. The molecule has 0 radical (unpaired) electrons. The molecule has 1 heterocycles. The SMILES string of the molecule is N[C@H]1CC(=O)N(c2ccc(F)cc2)C1. The zero-order chi connectivity index (χ0) is 10.1. The van der Waals surface area contributed by atoms with E-state index in [0.717, 1.165) is 0 Å². The molecule has 2 N–H and O–H groups in total. The highest BCUT2D eigenvalue weighted by atomic mass is 19.1. The van der Waals surface area contributed by atoms with E-state index in [2.05, 4.69) is 0 Å². The minimum absolute atomic E-state index is 0.00380. The van der Waals surface area contributed by atoms with Crippen molar-refractivity contribution >= 4 is 11.6 Å². The van der Waals surface area contributed by atoms with Gasteiger partial charge in [0.05, 0.1) is 0 Å². The summed E-state index contributed by atoms with van der Waals surface area (Å²) in [4.78, 5) is 13.0. The Morgan fingerprint density at radius 1 is 1.36 bits per heavy atom. The van der Waals surface area contributed by atoms with Crippen LogP contribution in [-0.2, 0) is 4.79 Å². The third-order valence-corrected chi connectivity index (χ3v) is 2.29. The molecule has 2 rings (SSSR count). The Morgan fingerprint density at radius 2 is 2.00 bits per heavy atom. The van der Waals surface area contributed by atoms with Gasteiger partial charge < -0.3 is 10.6 Å². The van der Waals surface area contributed by atoms with E-state index >= 15 is 0 Å². The van der Waals surface area contributed by atoms with Crippen LogP contribution in [0.1, 0.15) is 6.42 Å². The predicted octanol–water partition coefficient (Wildman–Crippen LogP) is 0.890. The van der Waals surface area contributed by atoms with Crippen LogP contribution in [0, 0.1) is 5.82 Å².